The first kappa shape index (κ1) is 14.3. The molecule has 0 saturated heterocycles. The number of hydrogen-bond acceptors (Lipinski definition) is 4. The van der Waals surface area contributed by atoms with Crippen molar-refractivity contribution in [2.75, 3.05) is 32.2 Å². The fraction of sp³-hybridized carbons (Fsp3) is 0.500. The molecule has 0 aliphatic rings. The van der Waals surface area contributed by atoms with Crippen LogP contribution in [0.1, 0.15) is 5.56 Å². The summed E-state index contributed by atoms with van der Waals surface area (Å²) in [6.45, 7) is 0.578. The molecule has 1 aromatic carbocycles. The van der Waals surface area contributed by atoms with Crippen molar-refractivity contribution in [3.05, 3.63) is 28.8 Å². The topological polar surface area (TPSA) is 52.9 Å². The van der Waals surface area contributed by atoms with Gasteiger partial charge in [-0.1, -0.05) is 23.7 Å². The van der Waals surface area contributed by atoms with Gasteiger partial charge in [0.15, 0.2) is 0 Å². The highest BCUT2D eigenvalue weighted by Crippen LogP contribution is 2.29. The Kier molecular flexibility index (Phi) is 5.71. The van der Waals surface area contributed by atoms with Crippen molar-refractivity contribution >= 4 is 17.3 Å². The van der Waals surface area contributed by atoms with Crippen LogP contribution in [0.15, 0.2) is 18.2 Å². The standard InChI is InChI=1S/C12H18ClNO3/c1-14(6-10(16)8-17-2)12-9(7-15)4-3-5-11(12)13/h3-5,10,15-16H,6-8H2,1-2H3. The first-order valence-corrected chi connectivity index (χ1v) is 5.74. The summed E-state index contributed by atoms with van der Waals surface area (Å²) in [6, 6.07) is 5.35. The lowest BCUT2D eigenvalue weighted by Gasteiger charge is -2.25. The zero-order chi connectivity index (χ0) is 12.8. The Labute approximate surface area is 106 Å². The van der Waals surface area contributed by atoms with Gasteiger partial charge in [-0.25, -0.2) is 0 Å². The van der Waals surface area contributed by atoms with Crippen LogP contribution in [0.4, 0.5) is 5.69 Å². The van der Waals surface area contributed by atoms with Crippen LogP contribution in [0.2, 0.25) is 5.02 Å². The number of likely N-dealkylation sites (N-methyl/N-ethyl adjacent to an activating group) is 1. The first-order chi connectivity index (χ1) is 8.10. The number of methoxy groups -OCH3 is 1. The number of para-hydroxylation sites is 1. The third kappa shape index (κ3) is 3.85. The summed E-state index contributed by atoms with van der Waals surface area (Å²) in [7, 11) is 3.36. The molecule has 0 radical (unpaired) electrons. The van der Waals surface area contributed by atoms with Crippen molar-refractivity contribution in [2.45, 2.75) is 12.7 Å². The maximum Gasteiger partial charge on any atom is 0.0947 e. The van der Waals surface area contributed by atoms with Gasteiger partial charge in [0.2, 0.25) is 0 Å². The fourth-order valence-corrected chi connectivity index (χ4v) is 2.11. The van der Waals surface area contributed by atoms with E-state index in [2.05, 4.69) is 0 Å². The molecule has 1 atom stereocenters. The van der Waals surface area contributed by atoms with Crippen LogP contribution >= 0.6 is 11.6 Å². The second-order valence-electron chi connectivity index (χ2n) is 3.90. The number of anilines is 1. The van der Waals surface area contributed by atoms with Crippen LogP contribution < -0.4 is 4.90 Å². The second kappa shape index (κ2) is 6.81. The number of ether oxygens (including phenoxy) is 1. The summed E-state index contributed by atoms with van der Waals surface area (Å²) in [5, 5.41) is 19.5. The predicted octanol–water partition coefficient (Wildman–Crippen LogP) is 1.28. The molecule has 1 unspecified atom stereocenters. The zero-order valence-corrected chi connectivity index (χ0v) is 10.8. The molecule has 0 bridgehead atoms. The number of hydrogen-bond donors (Lipinski definition) is 2. The number of aliphatic hydroxyl groups is 2. The Bertz CT molecular complexity index is 360. The molecule has 0 spiro atoms. The van der Waals surface area contributed by atoms with Gasteiger partial charge in [0.05, 0.1) is 30.0 Å². The first-order valence-electron chi connectivity index (χ1n) is 5.36. The van der Waals surface area contributed by atoms with Crippen LogP contribution in [0.5, 0.6) is 0 Å². The number of rotatable bonds is 6. The van der Waals surface area contributed by atoms with Gasteiger partial charge in [-0.3, -0.25) is 0 Å². The number of benzene rings is 1. The Morgan fingerprint density at radius 2 is 2.18 bits per heavy atom. The molecular weight excluding hydrogens is 242 g/mol. The molecule has 96 valence electrons. The minimum absolute atomic E-state index is 0.0827. The molecule has 4 nitrogen and oxygen atoms in total. The number of nitrogens with zero attached hydrogens (tertiary/aromatic N) is 1. The molecule has 0 aliphatic carbocycles. The summed E-state index contributed by atoms with van der Waals surface area (Å²) < 4.78 is 4.87. The lowest BCUT2D eigenvalue weighted by atomic mass is 10.1. The minimum Gasteiger partial charge on any atom is -0.392 e. The predicted molar refractivity (Wildman–Crippen MR) is 68.5 cm³/mol. The Balaban J connectivity index is 2.84. The molecule has 2 N–H and O–H groups in total. The van der Waals surface area contributed by atoms with Crippen LogP contribution in [-0.2, 0) is 11.3 Å². The molecule has 0 fully saturated rings. The summed E-state index contributed by atoms with van der Waals surface area (Å²) in [6.07, 6.45) is -0.590. The third-order valence-electron chi connectivity index (χ3n) is 2.47. The van der Waals surface area contributed by atoms with Gasteiger partial charge in [0, 0.05) is 26.3 Å². The summed E-state index contributed by atoms with van der Waals surface area (Å²) in [5.41, 5.74) is 1.48. The van der Waals surface area contributed by atoms with Crippen molar-refractivity contribution in [3.63, 3.8) is 0 Å². The fourth-order valence-electron chi connectivity index (χ4n) is 1.77. The summed E-state index contributed by atoms with van der Waals surface area (Å²) >= 11 is 6.10. The van der Waals surface area contributed by atoms with Crippen molar-refractivity contribution in [1.29, 1.82) is 0 Å². The van der Waals surface area contributed by atoms with Crippen LogP contribution in [0.25, 0.3) is 0 Å². The Morgan fingerprint density at radius 3 is 2.76 bits per heavy atom. The molecular formula is C12H18ClNO3. The highest BCUT2D eigenvalue weighted by molar-refractivity contribution is 6.33. The van der Waals surface area contributed by atoms with Gasteiger partial charge in [-0.2, -0.15) is 0 Å². The Hall–Kier alpha value is -0.810. The SMILES string of the molecule is COCC(O)CN(C)c1c(Cl)cccc1CO. The van der Waals surface area contributed by atoms with Crippen LogP contribution in [0.3, 0.4) is 0 Å². The molecule has 0 saturated carbocycles. The largest absolute Gasteiger partial charge is 0.392 e. The van der Waals surface area contributed by atoms with E-state index in [0.29, 0.717) is 11.6 Å². The van der Waals surface area contributed by atoms with Crippen molar-refractivity contribution in [2.24, 2.45) is 0 Å². The molecule has 17 heavy (non-hydrogen) atoms. The van der Waals surface area contributed by atoms with E-state index in [0.717, 1.165) is 11.3 Å². The van der Waals surface area contributed by atoms with E-state index in [9.17, 15) is 10.2 Å². The van der Waals surface area contributed by atoms with Crippen molar-refractivity contribution in [1.82, 2.24) is 0 Å². The highest BCUT2D eigenvalue weighted by Gasteiger charge is 2.14. The van der Waals surface area contributed by atoms with E-state index in [1.54, 1.807) is 18.2 Å². The van der Waals surface area contributed by atoms with Gasteiger partial charge >= 0.3 is 0 Å². The maximum absolute atomic E-state index is 9.66. The van der Waals surface area contributed by atoms with Crippen LogP contribution in [0, 0.1) is 0 Å². The highest BCUT2D eigenvalue weighted by atomic mass is 35.5. The molecule has 0 aliphatic heterocycles. The minimum atomic E-state index is -0.590. The quantitative estimate of drug-likeness (QED) is 0.808. The number of aliphatic hydroxyl groups excluding tert-OH is 2. The van der Waals surface area contributed by atoms with Gasteiger partial charge in [-0.15, -0.1) is 0 Å². The molecule has 1 aromatic rings. The number of halogens is 1. The zero-order valence-electron chi connectivity index (χ0n) is 10.1. The van der Waals surface area contributed by atoms with Gasteiger partial charge in [0.1, 0.15) is 0 Å². The summed E-state index contributed by atoms with van der Waals surface area (Å²) in [5.74, 6) is 0. The molecule has 1 rings (SSSR count). The smallest absolute Gasteiger partial charge is 0.0947 e. The Morgan fingerprint density at radius 1 is 1.47 bits per heavy atom. The third-order valence-corrected chi connectivity index (χ3v) is 2.77. The molecule has 0 aromatic heterocycles. The van der Waals surface area contributed by atoms with E-state index in [1.165, 1.54) is 7.11 Å². The lowest BCUT2D eigenvalue weighted by Crippen LogP contribution is -2.32. The average Bonchev–Trinajstić information content (AvgIpc) is 2.28. The van der Waals surface area contributed by atoms with E-state index in [1.807, 2.05) is 11.9 Å². The monoisotopic (exact) mass is 259 g/mol. The molecule has 0 amide bonds. The van der Waals surface area contributed by atoms with E-state index in [-0.39, 0.29) is 13.2 Å². The average molecular weight is 260 g/mol. The lowest BCUT2D eigenvalue weighted by molar-refractivity contribution is 0.0694. The van der Waals surface area contributed by atoms with Gasteiger partial charge in [-0.05, 0) is 6.07 Å². The van der Waals surface area contributed by atoms with Gasteiger partial charge in [0.25, 0.3) is 0 Å². The van der Waals surface area contributed by atoms with Gasteiger partial charge < -0.3 is 19.8 Å². The van der Waals surface area contributed by atoms with E-state index in [4.69, 9.17) is 16.3 Å². The van der Waals surface area contributed by atoms with Crippen LogP contribution in [-0.4, -0.2) is 43.6 Å². The van der Waals surface area contributed by atoms with Crippen molar-refractivity contribution in [3.8, 4) is 0 Å². The maximum atomic E-state index is 9.66. The van der Waals surface area contributed by atoms with Crippen molar-refractivity contribution < 1.29 is 14.9 Å². The van der Waals surface area contributed by atoms with E-state index < -0.39 is 6.10 Å². The molecule has 5 heteroatoms. The second-order valence-corrected chi connectivity index (χ2v) is 4.30. The van der Waals surface area contributed by atoms with E-state index >= 15 is 0 Å². The summed E-state index contributed by atoms with van der Waals surface area (Å²) in [4.78, 5) is 1.82. The molecule has 0 heterocycles. The normalized spacial score (nSPS) is 12.5.